The molecule has 0 aliphatic rings. The van der Waals surface area contributed by atoms with Crippen molar-refractivity contribution in [2.45, 2.75) is 26.4 Å². The van der Waals surface area contributed by atoms with E-state index in [2.05, 4.69) is 18.3 Å². The quantitative estimate of drug-likeness (QED) is 0.629. The normalized spacial score (nSPS) is 14.1. The number of aryl methyl sites for hydroxylation is 1. The van der Waals surface area contributed by atoms with Crippen LogP contribution in [0.1, 0.15) is 19.4 Å². The minimum absolute atomic E-state index is 0.156. The van der Waals surface area contributed by atoms with E-state index in [9.17, 15) is 5.11 Å². The number of nitrogens with one attached hydrogen (secondary N) is 1. The molecule has 2 unspecified atom stereocenters. The summed E-state index contributed by atoms with van der Waals surface area (Å²) in [6, 6.07) is 7.91. The molecule has 1 aromatic rings. The first kappa shape index (κ1) is 16.0. The summed E-state index contributed by atoms with van der Waals surface area (Å²) in [6.07, 6.45) is 0.427. The molecular weight excluding hydrogens is 242 g/mol. The smallest absolute Gasteiger partial charge is 0.119 e. The summed E-state index contributed by atoms with van der Waals surface area (Å²) in [5.41, 5.74) is 1.22. The van der Waals surface area contributed by atoms with Crippen LogP contribution in [0.5, 0.6) is 5.75 Å². The van der Waals surface area contributed by atoms with Crippen LogP contribution in [0, 0.1) is 5.92 Å². The van der Waals surface area contributed by atoms with E-state index < -0.39 is 6.10 Å². The molecule has 0 fully saturated rings. The third kappa shape index (κ3) is 6.57. The number of hydrogen-bond donors (Lipinski definition) is 3. The van der Waals surface area contributed by atoms with Crippen LogP contribution in [0.2, 0.25) is 0 Å². The summed E-state index contributed by atoms with van der Waals surface area (Å²) in [5, 5.41) is 21.8. The molecule has 1 aromatic carbocycles. The van der Waals surface area contributed by atoms with Gasteiger partial charge in [-0.25, -0.2) is 0 Å². The summed E-state index contributed by atoms with van der Waals surface area (Å²) in [5.74, 6) is 0.997. The average molecular weight is 267 g/mol. The molecule has 0 aliphatic heterocycles. The fourth-order valence-electron chi connectivity index (χ4n) is 1.67. The van der Waals surface area contributed by atoms with Gasteiger partial charge in [0.2, 0.25) is 0 Å². The fourth-order valence-corrected chi connectivity index (χ4v) is 1.67. The van der Waals surface area contributed by atoms with Crippen molar-refractivity contribution in [3.8, 4) is 5.75 Å². The number of benzene rings is 1. The van der Waals surface area contributed by atoms with Gasteiger partial charge in [0, 0.05) is 13.2 Å². The van der Waals surface area contributed by atoms with Gasteiger partial charge < -0.3 is 20.3 Å². The van der Waals surface area contributed by atoms with Crippen LogP contribution in [0.15, 0.2) is 24.3 Å². The van der Waals surface area contributed by atoms with E-state index in [0.717, 1.165) is 12.2 Å². The van der Waals surface area contributed by atoms with Gasteiger partial charge in [-0.1, -0.05) is 26.0 Å². The van der Waals surface area contributed by atoms with Gasteiger partial charge in [-0.15, -0.1) is 0 Å². The molecule has 0 aliphatic carbocycles. The third-order valence-corrected chi connectivity index (χ3v) is 2.93. The first-order valence-corrected chi connectivity index (χ1v) is 6.87. The predicted molar refractivity (Wildman–Crippen MR) is 76.4 cm³/mol. The van der Waals surface area contributed by atoms with Crippen LogP contribution in [-0.2, 0) is 6.42 Å². The highest BCUT2D eigenvalue weighted by molar-refractivity contribution is 5.28. The topological polar surface area (TPSA) is 61.7 Å². The molecule has 0 bridgehead atoms. The Hall–Kier alpha value is -1.10. The van der Waals surface area contributed by atoms with Crippen LogP contribution in [0.3, 0.4) is 0 Å². The molecule has 0 saturated carbocycles. The van der Waals surface area contributed by atoms with Crippen LogP contribution in [0.25, 0.3) is 0 Å². The second-order valence-corrected chi connectivity index (χ2v) is 4.91. The summed E-state index contributed by atoms with van der Waals surface area (Å²) >= 11 is 0. The lowest BCUT2D eigenvalue weighted by Gasteiger charge is -2.15. The van der Waals surface area contributed by atoms with Gasteiger partial charge >= 0.3 is 0 Å². The van der Waals surface area contributed by atoms with Gasteiger partial charge in [0.1, 0.15) is 18.5 Å². The monoisotopic (exact) mass is 267 g/mol. The van der Waals surface area contributed by atoms with Gasteiger partial charge in [-0.05, 0) is 36.6 Å². The van der Waals surface area contributed by atoms with Crippen molar-refractivity contribution in [2.75, 3.05) is 26.3 Å². The van der Waals surface area contributed by atoms with Gasteiger partial charge in [-0.3, -0.25) is 0 Å². The van der Waals surface area contributed by atoms with E-state index in [1.807, 2.05) is 25.1 Å². The molecule has 0 aromatic heterocycles. The lowest BCUT2D eigenvalue weighted by molar-refractivity contribution is 0.104. The predicted octanol–water partition coefficient (Wildman–Crippen LogP) is 1.21. The number of ether oxygens (including phenoxy) is 1. The van der Waals surface area contributed by atoms with Crippen molar-refractivity contribution in [1.29, 1.82) is 0 Å². The average Bonchev–Trinajstić information content (AvgIpc) is 2.45. The summed E-state index contributed by atoms with van der Waals surface area (Å²) < 4.78 is 5.55. The number of hydrogen-bond acceptors (Lipinski definition) is 4. The van der Waals surface area contributed by atoms with E-state index in [0.29, 0.717) is 13.1 Å². The number of aliphatic hydroxyl groups is 2. The maximum absolute atomic E-state index is 9.77. The third-order valence-electron chi connectivity index (χ3n) is 2.93. The van der Waals surface area contributed by atoms with Crippen LogP contribution < -0.4 is 10.1 Å². The Morgan fingerprint density at radius 2 is 2.11 bits per heavy atom. The van der Waals surface area contributed by atoms with Gasteiger partial charge in [0.15, 0.2) is 0 Å². The minimum Gasteiger partial charge on any atom is -0.491 e. The second-order valence-electron chi connectivity index (χ2n) is 4.91. The molecule has 0 spiro atoms. The highest BCUT2D eigenvalue weighted by Gasteiger charge is 2.06. The van der Waals surface area contributed by atoms with E-state index >= 15 is 0 Å². The molecule has 1 rings (SSSR count). The highest BCUT2D eigenvalue weighted by Crippen LogP contribution is 2.13. The van der Waals surface area contributed by atoms with Gasteiger partial charge in [0.25, 0.3) is 0 Å². The Morgan fingerprint density at radius 3 is 2.79 bits per heavy atom. The molecule has 4 nitrogen and oxygen atoms in total. The molecule has 3 N–H and O–H groups in total. The Labute approximate surface area is 115 Å². The van der Waals surface area contributed by atoms with Crippen molar-refractivity contribution in [3.63, 3.8) is 0 Å². The van der Waals surface area contributed by atoms with E-state index in [1.54, 1.807) is 0 Å². The molecule has 0 heterocycles. The van der Waals surface area contributed by atoms with E-state index in [-0.39, 0.29) is 19.1 Å². The van der Waals surface area contributed by atoms with Crippen LogP contribution in [-0.4, -0.2) is 42.6 Å². The highest BCUT2D eigenvalue weighted by atomic mass is 16.5. The van der Waals surface area contributed by atoms with Gasteiger partial charge in [-0.2, -0.15) is 0 Å². The van der Waals surface area contributed by atoms with Crippen molar-refractivity contribution < 1.29 is 14.9 Å². The zero-order chi connectivity index (χ0) is 14.1. The maximum Gasteiger partial charge on any atom is 0.119 e. The first-order chi connectivity index (χ1) is 9.15. The standard InChI is InChI=1S/C15H25NO3/c1-3-13-5-4-6-15(7-13)19-11-14(18)9-16-8-12(2)10-17/h4-7,12,14,16-18H,3,8-11H2,1-2H3. The zero-order valence-corrected chi connectivity index (χ0v) is 11.8. The molecule has 0 amide bonds. The van der Waals surface area contributed by atoms with Crippen molar-refractivity contribution in [2.24, 2.45) is 5.92 Å². The van der Waals surface area contributed by atoms with Gasteiger partial charge in [0.05, 0.1) is 0 Å². The minimum atomic E-state index is -0.545. The summed E-state index contributed by atoms with van der Waals surface area (Å²) in [4.78, 5) is 0. The Bertz CT molecular complexity index is 357. The van der Waals surface area contributed by atoms with Crippen LogP contribution >= 0.6 is 0 Å². The SMILES string of the molecule is CCc1cccc(OCC(O)CNCC(C)CO)c1. The second kappa shape index (κ2) is 8.91. The lowest BCUT2D eigenvalue weighted by atomic mass is 10.2. The molecule has 0 saturated heterocycles. The molecule has 2 atom stereocenters. The maximum atomic E-state index is 9.77. The van der Waals surface area contributed by atoms with Crippen molar-refractivity contribution >= 4 is 0 Å². The van der Waals surface area contributed by atoms with Crippen molar-refractivity contribution in [1.82, 2.24) is 5.32 Å². The molecule has 4 heteroatoms. The first-order valence-electron chi connectivity index (χ1n) is 6.87. The summed E-state index contributed by atoms with van der Waals surface area (Å²) in [7, 11) is 0. The van der Waals surface area contributed by atoms with Crippen LogP contribution in [0.4, 0.5) is 0 Å². The van der Waals surface area contributed by atoms with E-state index in [4.69, 9.17) is 9.84 Å². The number of rotatable bonds is 9. The van der Waals surface area contributed by atoms with E-state index in [1.165, 1.54) is 5.56 Å². The van der Waals surface area contributed by atoms with Crippen molar-refractivity contribution in [3.05, 3.63) is 29.8 Å². The fraction of sp³-hybridized carbons (Fsp3) is 0.600. The molecule has 108 valence electrons. The number of aliphatic hydroxyl groups excluding tert-OH is 2. The zero-order valence-electron chi connectivity index (χ0n) is 11.8. The summed E-state index contributed by atoms with van der Waals surface area (Å²) in [6.45, 7) is 5.64. The molecule has 0 radical (unpaired) electrons. The molecular formula is C15H25NO3. The Kier molecular flexibility index (Phi) is 7.48. The largest absolute Gasteiger partial charge is 0.491 e. The Balaban J connectivity index is 2.23. The Morgan fingerprint density at radius 1 is 1.32 bits per heavy atom. The molecule has 19 heavy (non-hydrogen) atoms. The lowest BCUT2D eigenvalue weighted by Crippen LogP contribution is -2.34.